The smallest absolute Gasteiger partial charge is 0.311 e. The maximum Gasteiger partial charge on any atom is 0.311 e. The third-order valence-electron chi connectivity index (χ3n) is 14.3. The van der Waals surface area contributed by atoms with Crippen molar-refractivity contribution in [1.29, 1.82) is 0 Å². The molecule has 5 saturated carbocycles. The van der Waals surface area contributed by atoms with Crippen LogP contribution in [-0.2, 0) is 14.3 Å². The number of aliphatic hydroxyl groups is 1. The maximum absolute atomic E-state index is 12.4. The lowest BCUT2D eigenvalue weighted by molar-refractivity contribution is -0.269. The van der Waals surface area contributed by atoms with Crippen molar-refractivity contribution in [2.24, 2.45) is 50.7 Å². The van der Waals surface area contributed by atoms with E-state index in [1.807, 2.05) is 6.92 Å². The van der Waals surface area contributed by atoms with Crippen LogP contribution in [0.3, 0.4) is 0 Å². The van der Waals surface area contributed by atoms with Crippen molar-refractivity contribution in [3.05, 3.63) is 0 Å². The summed E-state index contributed by atoms with van der Waals surface area (Å²) in [5, 5.41) is 10.9. The van der Waals surface area contributed by atoms with Gasteiger partial charge in [-0.3, -0.25) is 4.79 Å². The van der Waals surface area contributed by atoms with Crippen LogP contribution in [0.4, 0.5) is 0 Å². The van der Waals surface area contributed by atoms with Gasteiger partial charge in [-0.15, -0.1) is 0 Å². The molecule has 0 bridgehead atoms. The molecule has 4 heteroatoms. The lowest BCUT2D eigenvalue weighted by Gasteiger charge is -2.64. The van der Waals surface area contributed by atoms with Crippen LogP contribution in [0.2, 0.25) is 0 Å². The number of fused-ring (bicyclic) bond motifs is 3. The molecular formula is C30H46O4. The number of hydrogen-bond acceptors (Lipinski definition) is 4. The van der Waals surface area contributed by atoms with E-state index >= 15 is 0 Å². The molecule has 0 amide bonds. The van der Waals surface area contributed by atoms with E-state index in [2.05, 4.69) is 34.6 Å². The second kappa shape index (κ2) is 6.09. The number of ether oxygens (including phenoxy) is 2. The number of esters is 1. The highest BCUT2D eigenvalue weighted by Gasteiger charge is 2.84. The minimum absolute atomic E-state index is 0.0454. The molecule has 4 spiro atoms. The highest BCUT2D eigenvalue weighted by molar-refractivity contribution is 5.74. The van der Waals surface area contributed by atoms with Gasteiger partial charge in [-0.2, -0.15) is 0 Å². The predicted molar refractivity (Wildman–Crippen MR) is 130 cm³/mol. The molecule has 0 aromatic carbocycles. The first-order valence-electron chi connectivity index (χ1n) is 14.4. The van der Waals surface area contributed by atoms with Crippen molar-refractivity contribution >= 4 is 5.97 Å². The van der Waals surface area contributed by atoms with Crippen LogP contribution in [0.1, 0.15) is 112 Å². The summed E-state index contributed by atoms with van der Waals surface area (Å²) in [7, 11) is 0. The van der Waals surface area contributed by atoms with Gasteiger partial charge in [-0.25, -0.2) is 0 Å². The second-order valence-electron chi connectivity index (χ2n) is 15.3. The fourth-order valence-corrected chi connectivity index (χ4v) is 12.5. The van der Waals surface area contributed by atoms with Gasteiger partial charge in [0.25, 0.3) is 0 Å². The molecule has 0 unspecified atom stereocenters. The molecule has 0 aromatic rings. The first kappa shape index (κ1) is 22.6. The second-order valence-corrected chi connectivity index (χ2v) is 15.3. The summed E-state index contributed by atoms with van der Waals surface area (Å²) in [6, 6.07) is 0. The Hall–Kier alpha value is -0.610. The van der Waals surface area contributed by atoms with Crippen LogP contribution in [-0.4, -0.2) is 28.6 Å². The summed E-state index contributed by atoms with van der Waals surface area (Å²) >= 11 is 0. The summed E-state index contributed by atoms with van der Waals surface area (Å²) in [6.07, 6.45) is 12.6. The quantitative estimate of drug-likeness (QED) is 0.426. The molecule has 7 fully saturated rings. The molecule has 190 valence electrons. The minimum Gasteiger partial charge on any atom is -0.433 e. The molecule has 34 heavy (non-hydrogen) atoms. The molecule has 7 aliphatic rings. The lowest BCUT2D eigenvalue weighted by Crippen LogP contribution is -2.61. The van der Waals surface area contributed by atoms with Gasteiger partial charge in [0.2, 0.25) is 5.79 Å². The standard InChI is InChI=1S/C30H46O4/c1-18-15-29(33-23(18)32)16-19(2)30(34-29)14-11-25(5)21-8-7-20-24(3,4)22(31)9-10-27(20)17-28(21,27)13-12-26(25,30)6/h18-22,31H,7-17H2,1-6H3/t18-,19-,20+,21+,22-,25+,26+,27-,28+,29+,30+/m1/s1. The Balaban J connectivity index is 1.25. The third-order valence-corrected chi connectivity index (χ3v) is 14.3. The Bertz CT molecular complexity index is 959. The molecule has 0 radical (unpaired) electrons. The zero-order valence-electron chi connectivity index (χ0n) is 22.3. The summed E-state index contributed by atoms with van der Waals surface area (Å²) in [6.45, 7) is 14.3. The van der Waals surface area contributed by atoms with Gasteiger partial charge in [0.1, 0.15) is 0 Å². The van der Waals surface area contributed by atoms with E-state index < -0.39 is 5.79 Å². The largest absolute Gasteiger partial charge is 0.433 e. The van der Waals surface area contributed by atoms with Crippen LogP contribution in [0.25, 0.3) is 0 Å². The molecule has 7 rings (SSSR count). The van der Waals surface area contributed by atoms with E-state index in [1.54, 1.807) is 0 Å². The number of rotatable bonds is 0. The molecule has 1 N–H and O–H groups in total. The Morgan fingerprint density at radius 2 is 1.56 bits per heavy atom. The van der Waals surface area contributed by atoms with Crippen molar-refractivity contribution in [3.63, 3.8) is 0 Å². The normalized spacial score (nSPS) is 63.3. The average Bonchev–Trinajstić information content (AvgIpc) is 3.13. The fourth-order valence-electron chi connectivity index (χ4n) is 12.5. The summed E-state index contributed by atoms with van der Waals surface area (Å²) in [4.78, 5) is 12.4. The zero-order valence-corrected chi connectivity index (χ0v) is 22.3. The van der Waals surface area contributed by atoms with Gasteiger partial charge in [0, 0.05) is 18.3 Å². The predicted octanol–water partition coefficient (Wildman–Crippen LogP) is 6.24. The average molecular weight is 471 g/mol. The Morgan fingerprint density at radius 1 is 0.853 bits per heavy atom. The first-order chi connectivity index (χ1) is 15.8. The van der Waals surface area contributed by atoms with Gasteiger partial charge in [0.05, 0.1) is 17.6 Å². The highest BCUT2D eigenvalue weighted by atomic mass is 16.7. The molecule has 2 aliphatic heterocycles. The molecule has 5 aliphatic carbocycles. The Kier molecular flexibility index (Phi) is 4.04. The maximum atomic E-state index is 12.4. The van der Waals surface area contributed by atoms with Crippen molar-refractivity contribution in [1.82, 2.24) is 0 Å². The SMILES string of the molecule is C[C@@H]1C[C@]2(C[C@@H](C)[C@]3(CC[C@@]4(C)[C@@H]5CC[C@H]6C(C)(C)[C@H](O)CC[C@@]67C[C@@]57CC[C@@]43C)O2)OC1=O. The summed E-state index contributed by atoms with van der Waals surface area (Å²) in [5.74, 6) is 1.05. The van der Waals surface area contributed by atoms with Gasteiger partial charge in [-0.05, 0) is 97.2 Å². The number of carbonyl (C=O) groups excluding carboxylic acids is 1. The van der Waals surface area contributed by atoms with Crippen molar-refractivity contribution < 1.29 is 19.4 Å². The number of aliphatic hydroxyl groups excluding tert-OH is 1. The lowest BCUT2D eigenvalue weighted by atomic mass is 9.41. The van der Waals surface area contributed by atoms with E-state index in [-0.39, 0.29) is 39.8 Å². The topological polar surface area (TPSA) is 55.8 Å². The van der Waals surface area contributed by atoms with E-state index in [1.165, 1.54) is 44.9 Å². The Labute approximate surface area is 205 Å². The van der Waals surface area contributed by atoms with Crippen LogP contribution in [0, 0.1) is 50.7 Å². The molecule has 0 aromatic heterocycles. The van der Waals surface area contributed by atoms with Crippen LogP contribution in [0.5, 0.6) is 0 Å². The number of carbonyl (C=O) groups is 1. The van der Waals surface area contributed by atoms with E-state index in [0.717, 1.165) is 31.6 Å². The van der Waals surface area contributed by atoms with E-state index in [9.17, 15) is 9.90 Å². The molecule has 2 saturated heterocycles. The third kappa shape index (κ3) is 2.14. The minimum atomic E-state index is -0.679. The number of hydrogen-bond donors (Lipinski definition) is 1. The molecule has 4 nitrogen and oxygen atoms in total. The summed E-state index contributed by atoms with van der Waals surface area (Å²) < 4.78 is 13.1. The monoisotopic (exact) mass is 470 g/mol. The van der Waals surface area contributed by atoms with Crippen LogP contribution < -0.4 is 0 Å². The first-order valence-corrected chi connectivity index (χ1v) is 14.4. The van der Waals surface area contributed by atoms with Crippen LogP contribution >= 0.6 is 0 Å². The zero-order chi connectivity index (χ0) is 24.2. The van der Waals surface area contributed by atoms with E-state index in [4.69, 9.17) is 9.47 Å². The fraction of sp³-hybridized carbons (Fsp3) is 0.967. The van der Waals surface area contributed by atoms with Gasteiger partial charge < -0.3 is 14.6 Å². The molecule has 11 atom stereocenters. The van der Waals surface area contributed by atoms with Gasteiger partial charge in [0.15, 0.2) is 0 Å². The Morgan fingerprint density at radius 3 is 2.26 bits per heavy atom. The summed E-state index contributed by atoms with van der Waals surface area (Å²) in [5.41, 5.74) is 1.23. The van der Waals surface area contributed by atoms with Crippen molar-refractivity contribution in [3.8, 4) is 0 Å². The van der Waals surface area contributed by atoms with Gasteiger partial charge in [-0.1, -0.05) is 41.5 Å². The van der Waals surface area contributed by atoms with Crippen molar-refractivity contribution in [2.75, 3.05) is 0 Å². The van der Waals surface area contributed by atoms with E-state index in [0.29, 0.717) is 22.7 Å². The van der Waals surface area contributed by atoms with Crippen LogP contribution in [0.15, 0.2) is 0 Å². The highest BCUT2D eigenvalue weighted by Crippen LogP contribution is 2.90. The molecular weight excluding hydrogens is 424 g/mol. The molecule has 2 heterocycles. The van der Waals surface area contributed by atoms with Gasteiger partial charge >= 0.3 is 5.97 Å². The van der Waals surface area contributed by atoms with Crippen molar-refractivity contribution in [2.45, 2.75) is 130 Å².